The van der Waals surface area contributed by atoms with Crippen molar-refractivity contribution in [2.45, 2.75) is 39.3 Å². The van der Waals surface area contributed by atoms with Crippen molar-refractivity contribution < 1.29 is 14.7 Å². The lowest BCUT2D eigenvalue weighted by Gasteiger charge is -2.13. The van der Waals surface area contributed by atoms with Crippen LogP contribution in [-0.2, 0) is 11.3 Å². The molecule has 1 unspecified atom stereocenters. The van der Waals surface area contributed by atoms with Gasteiger partial charge in [0.25, 0.3) is 11.5 Å². The number of hydrogen-bond acceptors (Lipinski definition) is 4. The largest absolute Gasteiger partial charge is 0.481 e. The van der Waals surface area contributed by atoms with Crippen LogP contribution in [0.1, 0.15) is 37.0 Å². The summed E-state index contributed by atoms with van der Waals surface area (Å²) < 4.78 is 1.08. The number of H-pyrrole nitrogens is 1. The minimum absolute atomic E-state index is 0.0386. The molecule has 0 aliphatic rings. The number of carboxylic acids is 1. The average molecular weight is 333 g/mol. The number of aliphatic carboxylic acids is 1. The zero-order chi connectivity index (χ0) is 17.9. The number of carbonyl (C=O) groups is 2. The molecule has 0 spiro atoms. The third kappa shape index (κ3) is 3.70. The van der Waals surface area contributed by atoms with E-state index in [1.807, 2.05) is 0 Å². The predicted molar refractivity (Wildman–Crippen MR) is 88.3 cm³/mol. The Kier molecular flexibility index (Phi) is 5.18. The number of rotatable bonds is 6. The van der Waals surface area contributed by atoms with Gasteiger partial charge in [-0.05, 0) is 38.5 Å². The lowest BCUT2D eigenvalue weighted by molar-refractivity contribution is -0.137. The Labute approximate surface area is 137 Å². The zero-order valence-electron chi connectivity index (χ0n) is 13.5. The highest BCUT2D eigenvalue weighted by Crippen LogP contribution is 2.10. The molecule has 0 radical (unpaired) electrons. The third-order valence-electron chi connectivity index (χ3n) is 3.73. The van der Waals surface area contributed by atoms with Gasteiger partial charge in [0, 0.05) is 24.6 Å². The van der Waals surface area contributed by atoms with Gasteiger partial charge in [0.1, 0.15) is 0 Å². The molecule has 1 atom stereocenters. The van der Waals surface area contributed by atoms with E-state index in [4.69, 9.17) is 5.11 Å². The molecule has 3 N–H and O–H groups in total. The SMILES string of the molecule is CCn1c(=O)[nH]c2cc(C(=O)NC(C)CCC(=O)O)ccc2c1=O. The number of aromatic amines is 1. The van der Waals surface area contributed by atoms with Gasteiger partial charge >= 0.3 is 11.7 Å². The van der Waals surface area contributed by atoms with Crippen LogP contribution in [0, 0.1) is 0 Å². The maximum absolute atomic E-state index is 12.2. The van der Waals surface area contributed by atoms with E-state index in [0.717, 1.165) is 4.57 Å². The molecule has 1 aromatic heterocycles. The van der Waals surface area contributed by atoms with Crippen molar-refractivity contribution in [1.82, 2.24) is 14.9 Å². The Morgan fingerprint density at radius 2 is 2.04 bits per heavy atom. The van der Waals surface area contributed by atoms with Gasteiger partial charge in [0.2, 0.25) is 0 Å². The fraction of sp³-hybridized carbons (Fsp3) is 0.375. The molecule has 0 saturated carbocycles. The van der Waals surface area contributed by atoms with Crippen LogP contribution in [-0.4, -0.2) is 32.6 Å². The molecule has 24 heavy (non-hydrogen) atoms. The Balaban J connectivity index is 2.27. The monoisotopic (exact) mass is 333 g/mol. The van der Waals surface area contributed by atoms with E-state index in [-0.39, 0.29) is 24.6 Å². The summed E-state index contributed by atoms with van der Waals surface area (Å²) in [6.07, 6.45) is 0.274. The summed E-state index contributed by atoms with van der Waals surface area (Å²) in [5.41, 5.74) is -0.352. The summed E-state index contributed by atoms with van der Waals surface area (Å²) in [5, 5.41) is 11.7. The molecule has 8 heteroatoms. The fourth-order valence-electron chi connectivity index (χ4n) is 2.40. The van der Waals surface area contributed by atoms with Crippen LogP contribution < -0.4 is 16.6 Å². The van der Waals surface area contributed by atoms with E-state index in [9.17, 15) is 19.2 Å². The molecule has 1 heterocycles. The van der Waals surface area contributed by atoms with Crippen molar-refractivity contribution in [1.29, 1.82) is 0 Å². The van der Waals surface area contributed by atoms with Crippen LogP contribution >= 0.6 is 0 Å². The van der Waals surface area contributed by atoms with Crippen LogP contribution in [0.4, 0.5) is 0 Å². The van der Waals surface area contributed by atoms with Crippen LogP contribution in [0.15, 0.2) is 27.8 Å². The summed E-state index contributed by atoms with van der Waals surface area (Å²) in [7, 11) is 0. The van der Waals surface area contributed by atoms with Crippen molar-refractivity contribution >= 4 is 22.8 Å². The first-order chi connectivity index (χ1) is 11.3. The normalized spacial score (nSPS) is 12.1. The molecular formula is C16H19N3O5. The number of carbonyl (C=O) groups excluding carboxylic acids is 1. The summed E-state index contributed by atoms with van der Waals surface area (Å²) >= 11 is 0. The Bertz CT molecular complexity index is 897. The summed E-state index contributed by atoms with van der Waals surface area (Å²) in [4.78, 5) is 49.4. The highest BCUT2D eigenvalue weighted by atomic mass is 16.4. The first kappa shape index (κ1) is 17.5. The first-order valence-electron chi connectivity index (χ1n) is 7.63. The van der Waals surface area contributed by atoms with Crippen LogP contribution in [0.3, 0.4) is 0 Å². The van der Waals surface area contributed by atoms with Gasteiger partial charge in [-0.25, -0.2) is 4.79 Å². The molecule has 0 fully saturated rings. The maximum Gasteiger partial charge on any atom is 0.328 e. The highest BCUT2D eigenvalue weighted by molar-refractivity contribution is 5.97. The van der Waals surface area contributed by atoms with Gasteiger partial charge in [-0.15, -0.1) is 0 Å². The summed E-state index contributed by atoms with van der Waals surface area (Å²) in [6.45, 7) is 3.67. The summed E-state index contributed by atoms with van der Waals surface area (Å²) in [5.74, 6) is -1.32. The van der Waals surface area contributed by atoms with Crippen molar-refractivity contribution in [2.24, 2.45) is 0 Å². The van der Waals surface area contributed by atoms with Gasteiger partial charge in [-0.2, -0.15) is 0 Å². The minimum atomic E-state index is -0.924. The van der Waals surface area contributed by atoms with Gasteiger partial charge in [-0.1, -0.05) is 0 Å². The van der Waals surface area contributed by atoms with Crippen LogP contribution in [0.25, 0.3) is 10.9 Å². The number of carboxylic acid groups (broad SMARTS) is 1. The molecule has 0 aliphatic carbocycles. The smallest absolute Gasteiger partial charge is 0.328 e. The Morgan fingerprint density at radius 3 is 2.67 bits per heavy atom. The van der Waals surface area contributed by atoms with Gasteiger partial charge in [0.15, 0.2) is 0 Å². The molecular weight excluding hydrogens is 314 g/mol. The van der Waals surface area contributed by atoms with Crippen molar-refractivity contribution in [3.8, 4) is 0 Å². The number of nitrogens with one attached hydrogen (secondary N) is 2. The number of benzene rings is 1. The van der Waals surface area contributed by atoms with Crippen molar-refractivity contribution in [3.05, 3.63) is 44.6 Å². The van der Waals surface area contributed by atoms with Crippen molar-refractivity contribution in [2.75, 3.05) is 0 Å². The first-order valence-corrected chi connectivity index (χ1v) is 7.63. The topological polar surface area (TPSA) is 121 Å². The molecule has 0 saturated heterocycles. The number of hydrogen-bond donors (Lipinski definition) is 3. The number of nitrogens with zero attached hydrogens (tertiary/aromatic N) is 1. The average Bonchev–Trinajstić information content (AvgIpc) is 2.52. The molecule has 0 bridgehead atoms. The molecule has 2 rings (SSSR count). The summed E-state index contributed by atoms with van der Waals surface area (Å²) in [6, 6.07) is 4.13. The lowest BCUT2D eigenvalue weighted by atomic mass is 10.1. The predicted octanol–water partition coefficient (Wildman–Crippen LogP) is 0.693. The number of aromatic nitrogens is 2. The number of amides is 1. The zero-order valence-corrected chi connectivity index (χ0v) is 13.5. The van der Waals surface area contributed by atoms with Gasteiger partial charge in [-0.3, -0.25) is 19.0 Å². The van der Waals surface area contributed by atoms with Crippen LogP contribution in [0.5, 0.6) is 0 Å². The molecule has 128 valence electrons. The standard InChI is InChI=1S/C16H19N3O5/c1-3-19-15(23)11-6-5-10(8-12(11)18-16(19)24)14(22)17-9(2)4-7-13(20)21/h5-6,8-9H,3-4,7H2,1-2H3,(H,17,22)(H,18,24)(H,20,21). The quantitative estimate of drug-likeness (QED) is 0.718. The van der Waals surface area contributed by atoms with Crippen molar-refractivity contribution in [3.63, 3.8) is 0 Å². The molecule has 1 aromatic carbocycles. The minimum Gasteiger partial charge on any atom is -0.481 e. The van der Waals surface area contributed by atoms with E-state index in [0.29, 0.717) is 17.3 Å². The molecule has 1 amide bonds. The van der Waals surface area contributed by atoms with Gasteiger partial charge in [0.05, 0.1) is 10.9 Å². The van der Waals surface area contributed by atoms with E-state index < -0.39 is 23.1 Å². The second kappa shape index (κ2) is 7.12. The van der Waals surface area contributed by atoms with E-state index in [1.165, 1.54) is 18.2 Å². The van der Waals surface area contributed by atoms with E-state index >= 15 is 0 Å². The second-order valence-electron chi connectivity index (χ2n) is 5.55. The van der Waals surface area contributed by atoms with E-state index in [1.54, 1.807) is 13.8 Å². The molecule has 2 aromatic rings. The maximum atomic E-state index is 12.2. The third-order valence-corrected chi connectivity index (χ3v) is 3.73. The Hall–Kier alpha value is -2.90. The van der Waals surface area contributed by atoms with E-state index in [2.05, 4.69) is 10.3 Å². The number of fused-ring (bicyclic) bond motifs is 1. The second-order valence-corrected chi connectivity index (χ2v) is 5.55. The Morgan fingerprint density at radius 1 is 1.33 bits per heavy atom. The fourth-order valence-corrected chi connectivity index (χ4v) is 2.40. The highest BCUT2D eigenvalue weighted by Gasteiger charge is 2.13. The lowest BCUT2D eigenvalue weighted by Crippen LogP contribution is -2.35. The molecule has 8 nitrogen and oxygen atoms in total. The molecule has 0 aliphatic heterocycles. The van der Waals surface area contributed by atoms with Crippen LogP contribution in [0.2, 0.25) is 0 Å². The van der Waals surface area contributed by atoms with Gasteiger partial charge < -0.3 is 15.4 Å².